The van der Waals surface area contributed by atoms with Crippen molar-refractivity contribution in [1.29, 1.82) is 0 Å². The average Bonchev–Trinajstić information content (AvgIpc) is 3.74. The fraction of sp³-hybridized carbons (Fsp3) is 0.111. The van der Waals surface area contributed by atoms with Crippen molar-refractivity contribution < 1.29 is 0 Å². The van der Waals surface area contributed by atoms with E-state index < -0.39 is 0 Å². The van der Waals surface area contributed by atoms with E-state index in [2.05, 4.69) is 219 Å². The Labute approximate surface area is 338 Å². The lowest BCUT2D eigenvalue weighted by atomic mass is 9.73. The Morgan fingerprint density at radius 1 is 0.456 bits per heavy atom. The minimum absolute atomic E-state index is 0.122. The van der Waals surface area contributed by atoms with Gasteiger partial charge in [0.05, 0.1) is 17.1 Å². The molecular weight excluding hydrogens is 709 g/mol. The molecule has 1 aromatic heterocycles. The topological polar surface area (TPSA) is 6.48 Å². The van der Waals surface area contributed by atoms with Crippen LogP contribution in [-0.4, -0.2) is 0 Å². The zero-order chi connectivity index (χ0) is 38.5. The first-order chi connectivity index (χ1) is 27.8. The number of fused-ring (bicyclic) bond motifs is 8. The van der Waals surface area contributed by atoms with Gasteiger partial charge in [-0.25, -0.2) is 0 Å². The predicted molar refractivity (Wildman–Crippen MR) is 244 cm³/mol. The number of nitrogens with zero attached hydrogens (tertiary/aromatic N) is 2. The van der Waals surface area contributed by atoms with Gasteiger partial charge < -0.3 is 9.80 Å². The lowest BCUT2D eigenvalue weighted by Crippen LogP contribution is -2.30. The van der Waals surface area contributed by atoms with E-state index in [9.17, 15) is 0 Å². The molecule has 274 valence electrons. The molecule has 0 saturated carbocycles. The van der Waals surface area contributed by atoms with Crippen molar-refractivity contribution in [2.24, 2.45) is 0 Å². The lowest BCUT2D eigenvalue weighted by molar-refractivity contribution is 0.632. The quantitative estimate of drug-likeness (QED) is 0.173. The van der Waals surface area contributed by atoms with E-state index in [-0.39, 0.29) is 10.8 Å². The second-order valence-corrected chi connectivity index (χ2v) is 17.6. The lowest BCUT2D eigenvalue weighted by Gasteiger charge is -2.42. The number of hydrogen-bond donors (Lipinski definition) is 0. The normalized spacial score (nSPS) is 14.6. The van der Waals surface area contributed by atoms with Crippen LogP contribution in [0.4, 0.5) is 34.1 Å². The van der Waals surface area contributed by atoms with Crippen LogP contribution in [0.1, 0.15) is 49.9 Å². The molecule has 0 N–H and O–H groups in total. The third-order valence-electron chi connectivity index (χ3n) is 12.6. The van der Waals surface area contributed by atoms with Gasteiger partial charge in [0.2, 0.25) is 0 Å². The van der Waals surface area contributed by atoms with E-state index in [1.165, 1.54) is 87.4 Å². The zero-order valence-corrected chi connectivity index (χ0v) is 33.4. The summed E-state index contributed by atoms with van der Waals surface area (Å²) in [6.45, 7) is 9.45. The van der Waals surface area contributed by atoms with E-state index in [0.717, 1.165) is 11.4 Å². The highest BCUT2D eigenvalue weighted by atomic mass is 32.1. The molecule has 57 heavy (non-hydrogen) atoms. The van der Waals surface area contributed by atoms with Crippen molar-refractivity contribution in [3.63, 3.8) is 0 Å². The summed E-state index contributed by atoms with van der Waals surface area (Å²) in [4.78, 5) is 4.94. The van der Waals surface area contributed by atoms with E-state index >= 15 is 0 Å². The Bertz CT molecular complexity index is 2980. The molecule has 8 aromatic carbocycles. The van der Waals surface area contributed by atoms with Crippen LogP contribution in [0.15, 0.2) is 182 Å². The molecule has 1 aliphatic carbocycles. The second-order valence-electron chi connectivity index (χ2n) is 16.6. The van der Waals surface area contributed by atoms with Gasteiger partial charge in [-0.05, 0) is 99.6 Å². The molecule has 0 fully saturated rings. The van der Waals surface area contributed by atoms with Gasteiger partial charge in [0.25, 0.3) is 0 Å². The summed E-state index contributed by atoms with van der Waals surface area (Å²) < 4.78 is 2.62. The molecule has 0 atom stereocenters. The maximum absolute atomic E-state index is 2.49. The Morgan fingerprint density at radius 3 is 1.79 bits per heavy atom. The van der Waals surface area contributed by atoms with E-state index in [1.807, 2.05) is 11.3 Å². The Balaban J connectivity index is 1.10. The van der Waals surface area contributed by atoms with Crippen LogP contribution >= 0.6 is 11.3 Å². The van der Waals surface area contributed by atoms with Gasteiger partial charge in [0.1, 0.15) is 0 Å². The molecule has 2 nitrogen and oxygen atoms in total. The first kappa shape index (κ1) is 33.9. The van der Waals surface area contributed by atoms with Crippen LogP contribution in [-0.2, 0) is 10.8 Å². The van der Waals surface area contributed by atoms with Crippen LogP contribution in [0, 0.1) is 0 Å². The number of rotatable bonds is 5. The molecule has 9 aromatic rings. The number of thiophene rings is 1. The molecular formula is C54H42N2S. The largest absolute Gasteiger partial charge is 0.310 e. The minimum Gasteiger partial charge on any atom is -0.310 e. The maximum Gasteiger partial charge on any atom is 0.0508 e. The molecule has 2 heterocycles. The van der Waals surface area contributed by atoms with Crippen molar-refractivity contribution in [2.45, 2.75) is 38.5 Å². The van der Waals surface area contributed by atoms with Crippen molar-refractivity contribution in [1.82, 2.24) is 0 Å². The van der Waals surface area contributed by atoms with E-state index in [1.54, 1.807) is 0 Å². The summed E-state index contributed by atoms with van der Waals surface area (Å²) >= 11 is 1.89. The van der Waals surface area contributed by atoms with Gasteiger partial charge in [0.15, 0.2) is 0 Å². The molecule has 0 unspecified atom stereocenters. The van der Waals surface area contributed by atoms with E-state index in [0.29, 0.717) is 0 Å². The summed E-state index contributed by atoms with van der Waals surface area (Å²) in [6.07, 6.45) is 0. The predicted octanol–water partition coefficient (Wildman–Crippen LogP) is 15.6. The highest BCUT2D eigenvalue weighted by Crippen LogP contribution is 2.56. The third kappa shape index (κ3) is 5.02. The molecule has 1 aliphatic heterocycles. The first-order valence-electron chi connectivity index (χ1n) is 19.9. The Hall–Kier alpha value is -6.42. The molecule has 0 amide bonds. The summed E-state index contributed by atoms with van der Waals surface area (Å²) in [7, 11) is 0. The number of para-hydroxylation sites is 3. The van der Waals surface area contributed by atoms with Gasteiger partial charge in [-0.3, -0.25) is 0 Å². The van der Waals surface area contributed by atoms with Crippen LogP contribution in [0.5, 0.6) is 0 Å². The minimum atomic E-state index is -0.149. The van der Waals surface area contributed by atoms with Crippen LogP contribution in [0.25, 0.3) is 42.4 Å². The molecule has 11 rings (SSSR count). The summed E-state index contributed by atoms with van der Waals surface area (Å²) in [5.74, 6) is 0. The van der Waals surface area contributed by atoms with Crippen molar-refractivity contribution in [2.75, 3.05) is 9.80 Å². The standard InChI is InChI=1S/C54H42N2S/c1-53(2)45-23-11-13-25-47(45)56(48-26-14-12-24-46(48)53)38-33-42(52-43(34-38)40-20-9-15-28-50(40)57-52)35-29-31-37(32-30-35)55(36-17-6-5-7-18-36)49-27-16-21-41-39-19-8-10-22-44(39)54(3,4)51(41)49/h5-34H,1-4H3. The van der Waals surface area contributed by atoms with Gasteiger partial charge >= 0.3 is 0 Å². The average molecular weight is 751 g/mol. The molecule has 3 heteroatoms. The Kier molecular flexibility index (Phi) is 7.46. The summed E-state index contributed by atoms with van der Waals surface area (Å²) in [5.41, 5.74) is 17.4. The van der Waals surface area contributed by atoms with Crippen molar-refractivity contribution in [3.05, 3.63) is 204 Å². The van der Waals surface area contributed by atoms with Crippen LogP contribution in [0.3, 0.4) is 0 Å². The monoisotopic (exact) mass is 750 g/mol. The van der Waals surface area contributed by atoms with Gasteiger partial charge in [-0.1, -0.05) is 149 Å². The SMILES string of the molecule is CC1(C)c2ccccc2N(c2cc(-c3ccc(N(c4ccccc4)c4cccc5c4C(C)(C)c4ccccc4-5)cc3)c3sc4ccccc4c3c2)c2ccccc21. The smallest absolute Gasteiger partial charge is 0.0508 e. The van der Waals surface area contributed by atoms with Crippen molar-refractivity contribution >= 4 is 65.6 Å². The zero-order valence-electron chi connectivity index (χ0n) is 32.6. The first-order valence-corrected chi connectivity index (χ1v) is 20.8. The molecule has 0 saturated heterocycles. The number of anilines is 6. The number of hydrogen-bond acceptors (Lipinski definition) is 3. The molecule has 0 bridgehead atoms. The summed E-state index contributed by atoms with van der Waals surface area (Å²) in [5, 5.41) is 2.59. The highest BCUT2D eigenvalue weighted by molar-refractivity contribution is 7.26. The van der Waals surface area contributed by atoms with Gasteiger partial charge in [-0.2, -0.15) is 0 Å². The van der Waals surface area contributed by atoms with Gasteiger partial charge in [0, 0.05) is 53.6 Å². The third-order valence-corrected chi connectivity index (χ3v) is 13.8. The van der Waals surface area contributed by atoms with Crippen LogP contribution < -0.4 is 9.80 Å². The Morgan fingerprint density at radius 2 is 1.05 bits per heavy atom. The second kappa shape index (κ2) is 12.5. The van der Waals surface area contributed by atoms with E-state index in [4.69, 9.17) is 0 Å². The number of benzene rings is 8. The van der Waals surface area contributed by atoms with Gasteiger partial charge in [-0.15, -0.1) is 11.3 Å². The maximum atomic E-state index is 2.49. The molecule has 2 aliphatic rings. The fourth-order valence-corrected chi connectivity index (χ4v) is 11.1. The van der Waals surface area contributed by atoms with Crippen LogP contribution in [0.2, 0.25) is 0 Å². The molecule has 0 spiro atoms. The summed E-state index contributed by atoms with van der Waals surface area (Å²) in [6, 6.07) is 67.5. The molecule has 0 radical (unpaired) electrons. The fourth-order valence-electron chi connectivity index (χ4n) is 9.90. The van der Waals surface area contributed by atoms with Crippen molar-refractivity contribution in [3.8, 4) is 22.3 Å². The highest BCUT2D eigenvalue weighted by Gasteiger charge is 2.39.